The molecule has 4 aromatic rings. The highest BCUT2D eigenvalue weighted by molar-refractivity contribution is 6.90. The molecule has 0 saturated heterocycles. The lowest BCUT2D eigenvalue weighted by Crippen LogP contribution is -2.38. The molecule has 0 amide bonds. The topological polar surface area (TPSA) is 40.5 Å². The molecule has 130 valence electrons. The predicted octanol–water partition coefficient (Wildman–Crippen LogP) is 5.62. The van der Waals surface area contributed by atoms with Gasteiger partial charge in [0.05, 0.1) is 8.07 Å². The molecule has 0 aliphatic carbocycles. The number of fused-ring (bicyclic) bond motifs is 2. The molecular weight excluding hydrogens is 336 g/mol. The van der Waals surface area contributed by atoms with Crippen LogP contribution in [-0.2, 0) is 0 Å². The number of hydrogen-bond acceptors (Lipinski definition) is 2. The normalized spacial score (nSPS) is 12.0. The Bertz CT molecular complexity index is 1140. The van der Waals surface area contributed by atoms with E-state index in [0.29, 0.717) is 11.1 Å². The van der Waals surface area contributed by atoms with Gasteiger partial charge in [-0.1, -0.05) is 74.2 Å². The Morgan fingerprint density at radius 1 is 0.615 bits per heavy atom. The van der Waals surface area contributed by atoms with Crippen LogP contribution in [-0.4, -0.2) is 18.3 Å². The van der Waals surface area contributed by atoms with Gasteiger partial charge in [-0.3, -0.25) is 0 Å². The van der Waals surface area contributed by atoms with E-state index in [2.05, 4.69) is 25.7 Å². The molecular formula is C23H22O2Si. The standard InChI is InChI=1S/C23H22O2Si/c1-26(2,3)21-14-20(25)23(18-11-7-6-10-17(18)21)22-16-9-5-4-8-15(16)12-13-19(22)24/h4-14,24-25H,1-3H3. The van der Waals surface area contributed by atoms with Gasteiger partial charge in [-0.2, -0.15) is 0 Å². The molecule has 0 heterocycles. The molecule has 0 aliphatic heterocycles. The van der Waals surface area contributed by atoms with Crippen LogP contribution >= 0.6 is 0 Å². The fourth-order valence-electron chi connectivity index (χ4n) is 3.77. The van der Waals surface area contributed by atoms with E-state index in [4.69, 9.17) is 0 Å². The molecule has 4 aromatic carbocycles. The largest absolute Gasteiger partial charge is 0.507 e. The first-order chi connectivity index (χ1) is 12.4. The van der Waals surface area contributed by atoms with Gasteiger partial charge in [0.2, 0.25) is 0 Å². The smallest absolute Gasteiger partial charge is 0.124 e. The second kappa shape index (κ2) is 5.89. The molecule has 26 heavy (non-hydrogen) atoms. The summed E-state index contributed by atoms with van der Waals surface area (Å²) in [6.07, 6.45) is 0. The molecule has 0 unspecified atom stereocenters. The molecule has 4 rings (SSSR count). The van der Waals surface area contributed by atoms with Gasteiger partial charge < -0.3 is 10.2 Å². The van der Waals surface area contributed by atoms with Crippen LogP contribution in [0.3, 0.4) is 0 Å². The number of phenolic OH excluding ortho intramolecular Hbond substituents is 2. The zero-order valence-corrected chi connectivity index (χ0v) is 16.2. The van der Waals surface area contributed by atoms with Crippen molar-refractivity contribution in [1.82, 2.24) is 0 Å². The Morgan fingerprint density at radius 3 is 1.88 bits per heavy atom. The highest BCUT2D eigenvalue weighted by atomic mass is 28.3. The maximum atomic E-state index is 11.0. The zero-order chi connectivity index (χ0) is 18.5. The minimum absolute atomic E-state index is 0.185. The summed E-state index contributed by atoms with van der Waals surface area (Å²) >= 11 is 0. The fourth-order valence-corrected chi connectivity index (χ4v) is 5.36. The number of hydrogen-bond donors (Lipinski definition) is 2. The first-order valence-corrected chi connectivity index (χ1v) is 12.3. The molecule has 3 heteroatoms. The molecule has 0 radical (unpaired) electrons. The lowest BCUT2D eigenvalue weighted by molar-refractivity contribution is 0.470. The highest BCUT2D eigenvalue weighted by Crippen LogP contribution is 2.44. The molecule has 0 bridgehead atoms. The Balaban J connectivity index is 2.19. The van der Waals surface area contributed by atoms with Crippen molar-refractivity contribution in [3.8, 4) is 22.6 Å². The Morgan fingerprint density at radius 2 is 1.19 bits per heavy atom. The second-order valence-electron chi connectivity index (χ2n) is 7.79. The van der Waals surface area contributed by atoms with Gasteiger partial charge in [0, 0.05) is 11.1 Å². The molecule has 2 nitrogen and oxygen atoms in total. The molecule has 0 aliphatic rings. The van der Waals surface area contributed by atoms with Crippen LogP contribution in [0.25, 0.3) is 32.7 Å². The Kier molecular flexibility index (Phi) is 3.78. The van der Waals surface area contributed by atoms with Crippen LogP contribution < -0.4 is 5.19 Å². The molecule has 0 saturated carbocycles. The van der Waals surface area contributed by atoms with E-state index in [-0.39, 0.29) is 11.5 Å². The number of rotatable bonds is 2. The lowest BCUT2D eigenvalue weighted by Gasteiger charge is -2.22. The summed E-state index contributed by atoms with van der Waals surface area (Å²) < 4.78 is 0. The van der Waals surface area contributed by atoms with Crippen LogP contribution in [0, 0.1) is 0 Å². The van der Waals surface area contributed by atoms with Crippen LogP contribution in [0.2, 0.25) is 19.6 Å². The molecule has 0 spiro atoms. The number of benzene rings is 4. The molecule has 2 N–H and O–H groups in total. The van der Waals surface area contributed by atoms with Gasteiger partial charge in [0.1, 0.15) is 11.5 Å². The fraction of sp³-hybridized carbons (Fsp3) is 0.130. The van der Waals surface area contributed by atoms with Crippen molar-refractivity contribution < 1.29 is 10.2 Å². The predicted molar refractivity (Wildman–Crippen MR) is 113 cm³/mol. The minimum atomic E-state index is -1.64. The summed E-state index contributed by atoms with van der Waals surface area (Å²) in [5.41, 5.74) is 1.40. The maximum absolute atomic E-state index is 11.0. The summed E-state index contributed by atoms with van der Waals surface area (Å²) in [6.45, 7) is 6.84. The summed E-state index contributed by atoms with van der Waals surface area (Å²) in [5.74, 6) is 0.415. The van der Waals surface area contributed by atoms with E-state index in [9.17, 15) is 10.2 Å². The molecule has 0 aromatic heterocycles. The Hall–Kier alpha value is -2.78. The van der Waals surface area contributed by atoms with E-state index in [1.165, 1.54) is 5.19 Å². The third kappa shape index (κ3) is 2.56. The quantitative estimate of drug-likeness (QED) is 0.457. The molecule has 0 fully saturated rings. The van der Waals surface area contributed by atoms with Crippen LogP contribution in [0.5, 0.6) is 11.5 Å². The third-order valence-electron chi connectivity index (χ3n) is 4.99. The van der Waals surface area contributed by atoms with Gasteiger partial charge in [-0.15, -0.1) is 0 Å². The highest BCUT2D eigenvalue weighted by Gasteiger charge is 2.24. The van der Waals surface area contributed by atoms with Crippen molar-refractivity contribution in [2.24, 2.45) is 0 Å². The van der Waals surface area contributed by atoms with Gasteiger partial charge >= 0.3 is 0 Å². The van der Waals surface area contributed by atoms with Crippen LogP contribution in [0.15, 0.2) is 66.7 Å². The average molecular weight is 359 g/mol. The average Bonchev–Trinajstić information content (AvgIpc) is 2.61. The van der Waals surface area contributed by atoms with Crippen molar-refractivity contribution in [2.75, 3.05) is 0 Å². The zero-order valence-electron chi connectivity index (χ0n) is 15.2. The minimum Gasteiger partial charge on any atom is -0.507 e. The van der Waals surface area contributed by atoms with Crippen LogP contribution in [0.1, 0.15) is 0 Å². The van der Waals surface area contributed by atoms with Crippen LogP contribution in [0.4, 0.5) is 0 Å². The van der Waals surface area contributed by atoms with E-state index in [1.807, 2.05) is 54.6 Å². The number of aromatic hydroxyl groups is 2. The summed E-state index contributed by atoms with van der Waals surface area (Å²) in [5, 5.41) is 27.0. The summed E-state index contributed by atoms with van der Waals surface area (Å²) in [6, 6.07) is 21.7. The van der Waals surface area contributed by atoms with Crippen molar-refractivity contribution >= 4 is 34.8 Å². The monoisotopic (exact) mass is 358 g/mol. The van der Waals surface area contributed by atoms with E-state index in [0.717, 1.165) is 21.5 Å². The molecule has 0 atom stereocenters. The van der Waals surface area contributed by atoms with E-state index in [1.54, 1.807) is 6.07 Å². The van der Waals surface area contributed by atoms with Crippen molar-refractivity contribution in [1.29, 1.82) is 0 Å². The lowest BCUT2D eigenvalue weighted by atomic mass is 9.92. The second-order valence-corrected chi connectivity index (χ2v) is 12.8. The van der Waals surface area contributed by atoms with Gasteiger partial charge in [-0.05, 0) is 38.9 Å². The van der Waals surface area contributed by atoms with Crippen molar-refractivity contribution in [2.45, 2.75) is 19.6 Å². The maximum Gasteiger partial charge on any atom is 0.124 e. The van der Waals surface area contributed by atoms with E-state index >= 15 is 0 Å². The first-order valence-electron chi connectivity index (χ1n) is 8.84. The first kappa shape index (κ1) is 16.7. The van der Waals surface area contributed by atoms with E-state index < -0.39 is 8.07 Å². The summed E-state index contributed by atoms with van der Waals surface area (Å²) in [7, 11) is -1.64. The van der Waals surface area contributed by atoms with Gasteiger partial charge in [0.25, 0.3) is 0 Å². The number of phenols is 2. The van der Waals surface area contributed by atoms with Crippen molar-refractivity contribution in [3.63, 3.8) is 0 Å². The SMILES string of the molecule is C[Si](C)(C)c1cc(O)c(-c2c(O)ccc3ccccc23)c2ccccc12. The van der Waals surface area contributed by atoms with Crippen molar-refractivity contribution in [3.05, 3.63) is 66.7 Å². The summed E-state index contributed by atoms with van der Waals surface area (Å²) in [4.78, 5) is 0. The third-order valence-corrected chi connectivity index (χ3v) is 7.02. The van der Waals surface area contributed by atoms with Gasteiger partial charge in [0.15, 0.2) is 0 Å². The van der Waals surface area contributed by atoms with Gasteiger partial charge in [-0.25, -0.2) is 0 Å². The Labute approximate surface area is 154 Å².